The Labute approximate surface area is 140 Å². The normalized spacial score (nSPS) is 20.4. The molecule has 0 saturated carbocycles. The summed E-state index contributed by atoms with van der Waals surface area (Å²) in [6.45, 7) is 21.0. The molecule has 3 atom stereocenters. The summed E-state index contributed by atoms with van der Waals surface area (Å²) in [5.41, 5.74) is 4.88. The summed E-state index contributed by atoms with van der Waals surface area (Å²) in [7, 11) is -1.56. The smallest absolute Gasteiger partial charge is 0.241 e. The minimum atomic E-state index is -1.56. The zero-order valence-electron chi connectivity index (χ0n) is 16.5. The highest BCUT2D eigenvalue weighted by atomic mass is 28.4. The van der Waals surface area contributed by atoms with E-state index in [9.17, 15) is 0 Å². The summed E-state index contributed by atoms with van der Waals surface area (Å²) in [6, 6.07) is 0. The lowest BCUT2D eigenvalue weighted by Gasteiger charge is -2.26. The molecule has 0 saturated heterocycles. The molecule has 128 valence electrons. The van der Waals surface area contributed by atoms with E-state index in [1.54, 1.807) is 16.7 Å². The molecule has 0 bridgehead atoms. The van der Waals surface area contributed by atoms with Crippen molar-refractivity contribution in [1.29, 1.82) is 0 Å². The molecule has 3 unspecified atom stereocenters. The van der Waals surface area contributed by atoms with Crippen LogP contribution >= 0.6 is 0 Å². The van der Waals surface area contributed by atoms with Crippen molar-refractivity contribution in [3.05, 3.63) is 22.5 Å². The van der Waals surface area contributed by atoms with Crippen LogP contribution < -0.4 is 0 Å². The first kappa shape index (κ1) is 19.5. The molecule has 0 aliphatic heterocycles. The Balaban J connectivity index is 3.36. The lowest BCUT2D eigenvalue weighted by molar-refractivity contribution is 0.395. The Hall–Kier alpha value is -0.503. The third-order valence-corrected chi connectivity index (χ3v) is 5.99. The lowest BCUT2D eigenvalue weighted by Crippen LogP contribution is -2.25. The first-order valence-corrected chi connectivity index (χ1v) is 12.7. The van der Waals surface area contributed by atoms with Crippen LogP contribution in [0.4, 0.5) is 0 Å². The summed E-state index contributed by atoms with van der Waals surface area (Å²) in [4.78, 5) is 0. The van der Waals surface area contributed by atoms with Crippen molar-refractivity contribution >= 4 is 8.32 Å². The molecule has 0 radical (unpaired) electrons. The summed E-state index contributed by atoms with van der Waals surface area (Å²) < 4.78 is 6.56. The van der Waals surface area contributed by atoms with Crippen LogP contribution in [0.15, 0.2) is 22.5 Å². The third kappa shape index (κ3) is 4.50. The fourth-order valence-corrected chi connectivity index (χ4v) is 4.29. The van der Waals surface area contributed by atoms with Crippen LogP contribution in [-0.2, 0) is 4.43 Å². The summed E-state index contributed by atoms with van der Waals surface area (Å²) in [5, 5.41) is 0. The van der Waals surface area contributed by atoms with Crippen LogP contribution in [0.1, 0.15) is 67.2 Å². The van der Waals surface area contributed by atoms with E-state index in [1.807, 2.05) is 0 Å². The van der Waals surface area contributed by atoms with Crippen LogP contribution in [0.2, 0.25) is 19.6 Å². The molecule has 1 nitrogen and oxygen atoms in total. The maximum Gasteiger partial charge on any atom is 0.241 e. The molecule has 1 rings (SSSR count). The SMILES string of the molecule is CCC(C)C1=C(C(C)CC)C(C(C)CC)=C(O[Si](C)(C)C)C1. The molecular formula is C20H38OSi. The third-order valence-electron chi connectivity index (χ3n) is 5.13. The summed E-state index contributed by atoms with van der Waals surface area (Å²) >= 11 is 0. The molecule has 0 aromatic heterocycles. The predicted octanol–water partition coefficient (Wildman–Crippen LogP) is 6.93. The van der Waals surface area contributed by atoms with Crippen molar-refractivity contribution in [3.8, 4) is 0 Å². The van der Waals surface area contributed by atoms with E-state index in [0.717, 1.165) is 6.42 Å². The molecule has 0 spiro atoms. The Kier molecular flexibility index (Phi) is 6.98. The standard InChI is InChI=1S/C20H38OSi/c1-10-14(4)17-13-18(21-22(7,8)9)20(16(6)12-3)19(17)15(5)11-2/h14-16H,10-13H2,1-9H3. The highest BCUT2D eigenvalue weighted by molar-refractivity contribution is 6.70. The van der Waals surface area contributed by atoms with Crippen molar-refractivity contribution < 1.29 is 4.43 Å². The quantitative estimate of drug-likeness (QED) is 0.440. The van der Waals surface area contributed by atoms with Crippen LogP contribution in [0, 0.1) is 17.8 Å². The second kappa shape index (κ2) is 7.85. The minimum absolute atomic E-state index is 0.608. The molecule has 0 amide bonds. The second-order valence-corrected chi connectivity index (χ2v) is 12.5. The van der Waals surface area contributed by atoms with E-state index in [2.05, 4.69) is 61.2 Å². The highest BCUT2D eigenvalue weighted by Gasteiger charge is 2.34. The Bertz CT molecular complexity index is 439. The molecule has 1 aliphatic rings. The van der Waals surface area contributed by atoms with Gasteiger partial charge in [-0.25, -0.2) is 0 Å². The van der Waals surface area contributed by atoms with Crippen LogP contribution in [0.25, 0.3) is 0 Å². The molecule has 0 fully saturated rings. The van der Waals surface area contributed by atoms with Crippen molar-refractivity contribution in [2.24, 2.45) is 17.8 Å². The fourth-order valence-electron chi connectivity index (χ4n) is 3.36. The van der Waals surface area contributed by atoms with Gasteiger partial charge < -0.3 is 4.43 Å². The van der Waals surface area contributed by atoms with Gasteiger partial charge in [0.25, 0.3) is 0 Å². The zero-order valence-corrected chi connectivity index (χ0v) is 17.5. The van der Waals surface area contributed by atoms with Crippen molar-refractivity contribution in [2.75, 3.05) is 0 Å². The summed E-state index contributed by atoms with van der Waals surface area (Å²) in [5.74, 6) is 3.25. The van der Waals surface area contributed by atoms with E-state index >= 15 is 0 Å². The van der Waals surface area contributed by atoms with Gasteiger partial charge in [0.15, 0.2) is 0 Å². The van der Waals surface area contributed by atoms with Crippen LogP contribution in [0.3, 0.4) is 0 Å². The molecule has 0 aromatic carbocycles. The first-order valence-electron chi connectivity index (χ1n) is 9.31. The highest BCUT2D eigenvalue weighted by Crippen LogP contribution is 2.46. The Morgan fingerprint density at radius 1 is 0.818 bits per heavy atom. The zero-order chi connectivity index (χ0) is 17.1. The van der Waals surface area contributed by atoms with Gasteiger partial charge >= 0.3 is 0 Å². The van der Waals surface area contributed by atoms with Crippen molar-refractivity contribution in [3.63, 3.8) is 0 Å². The minimum Gasteiger partial charge on any atom is -0.547 e. The molecule has 22 heavy (non-hydrogen) atoms. The molecular weight excluding hydrogens is 284 g/mol. The van der Waals surface area contributed by atoms with Gasteiger partial charge in [-0.2, -0.15) is 0 Å². The predicted molar refractivity (Wildman–Crippen MR) is 101 cm³/mol. The van der Waals surface area contributed by atoms with E-state index < -0.39 is 8.32 Å². The maximum absolute atomic E-state index is 6.56. The van der Waals surface area contributed by atoms with Gasteiger partial charge in [0, 0.05) is 6.42 Å². The fraction of sp³-hybridized carbons (Fsp3) is 0.800. The largest absolute Gasteiger partial charge is 0.547 e. The van der Waals surface area contributed by atoms with Crippen LogP contribution in [-0.4, -0.2) is 8.32 Å². The molecule has 0 aromatic rings. The number of rotatable bonds is 8. The number of allylic oxidation sites excluding steroid dienone is 3. The molecule has 0 N–H and O–H groups in total. The van der Waals surface area contributed by atoms with E-state index in [-0.39, 0.29) is 0 Å². The Morgan fingerprint density at radius 2 is 1.27 bits per heavy atom. The van der Waals surface area contributed by atoms with Gasteiger partial charge in [0.2, 0.25) is 8.32 Å². The topological polar surface area (TPSA) is 9.23 Å². The van der Waals surface area contributed by atoms with Gasteiger partial charge in [-0.1, -0.05) is 47.1 Å². The van der Waals surface area contributed by atoms with E-state index in [0.29, 0.717) is 17.8 Å². The van der Waals surface area contributed by atoms with Gasteiger partial charge in [-0.15, -0.1) is 0 Å². The van der Waals surface area contributed by atoms with E-state index in [1.165, 1.54) is 25.0 Å². The maximum atomic E-state index is 6.56. The van der Waals surface area contributed by atoms with Gasteiger partial charge in [-0.05, 0) is 67.8 Å². The van der Waals surface area contributed by atoms with Crippen molar-refractivity contribution in [2.45, 2.75) is 86.9 Å². The van der Waals surface area contributed by atoms with Gasteiger partial charge in [0.1, 0.15) is 0 Å². The lowest BCUT2D eigenvalue weighted by atomic mass is 9.82. The van der Waals surface area contributed by atoms with Gasteiger partial charge in [0.05, 0.1) is 5.76 Å². The number of hydrogen-bond acceptors (Lipinski definition) is 1. The molecule has 0 heterocycles. The van der Waals surface area contributed by atoms with Crippen LogP contribution in [0.5, 0.6) is 0 Å². The van der Waals surface area contributed by atoms with Crippen molar-refractivity contribution in [1.82, 2.24) is 0 Å². The van der Waals surface area contributed by atoms with Gasteiger partial charge in [-0.3, -0.25) is 0 Å². The Morgan fingerprint density at radius 3 is 1.68 bits per heavy atom. The monoisotopic (exact) mass is 322 g/mol. The second-order valence-electron chi connectivity index (χ2n) is 8.09. The molecule has 1 aliphatic carbocycles. The van der Waals surface area contributed by atoms with E-state index in [4.69, 9.17) is 4.43 Å². The average Bonchev–Trinajstić information content (AvgIpc) is 2.81. The number of hydrogen-bond donors (Lipinski definition) is 0. The summed E-state index contributed by atoms with van der Waals surface area (Å²) in [6.07, 6.45) is 4.71. The molecule has 2 heteroatoms. The average molecular weight is 323 g/mol. The first-order chi connectivity index (χ1) is 10.2.